The molecule has 0 bridgehead atoms. The van der Waals surface area contributed by atoms with Crippen LogP contribution >= 0.6 is 11.6 Å². The fraction of sp³-hybridized carbons (Fsp3) is 0.462. The average molecular weight is 380 g/mol. The number of hydrogen-bond donors (Lipinski definition) is 1. The molecule has 11 heteroatoms. The Labute approximate surface area is 184 Å². The number of halogens is 1. The van der Waals surface area contributed by atoms with Gasteiger partial charge in [-0.25, -0.2) is 4.98 Å². The monoisotopic (exact) mass is 379 g/mol. The quantitative estimate of drug-likeness (QED) is 0.348. The molecular weight excluding hydrogens is 365 g/mol. The van der Waals surface area contributed by atoms with E-state index in [1.54, 1.807) is 4.57 Å². The van der Waals surface area contributed by atoms with E-state index in [4.69, 9.17) is 26.8 Å². The second kappa shape index (κ2) is 7.22. The molecule has 2 N–H and O–H groups in total. The van der Waals surface area contributed by atoms with Gasteiger partial charge in [-0.15, -0.1) is 0 Å². The Morgan fingerprint density at radius 1 is 1.29 bits per heavy atom. The summed E-state index contributed by atoms with van der Waals surface area (Å²) in [6.07, 6.45) is 1.67. The van der Waals surface area contributed by atoms with E-state index in [2.05, 4.69) is 15.0 Å². The first-order valence-corrected chi connectivity index (χ1v) is 7.24. The molecule has 0 aromatic carbocycles. The Morgan fingerprint density at radius 3 is 2.54 bits per heavy atom. The molecule has 24 heavy (non-hydrogen) atoms. The molecule has 3 heterocycles. The summed E-state index contributed by atoms with van der Waals surface area (Å²) in [5.41, 5.74) is 6.34. The molecule has 0 aliphatic carbocycles. The van der Waals surface area contributed by atoms with Crippen molar-refractivity contribution in [2.24, 2.45) is 5.92 Å². The van der Waals surface area contributed by atoms with Crippen molar-refractivity contribution in [2.75, 3.05) is 5.73 Å². The maximum atomic E-state index is 11.9. The number of esters is 2. The average Bonchev–Trinajstić information content (AvgIpc) is 2.79. The zero-order chi connectivity index (χ0) is 16.8. The number of hydrogen-bond acceptors (Lipinski definition) is 8. The normalized spacial score (nSPS) is 17.3. The first kappa shape index (κ1) is 19.5. The van der Waals surface area contributed by atoms with Crippen molar-refractivity contribution in [3.63, 3.8) is 0 Å². The number of fused-ring (bicyclic) bond motifs is 1. The molecule has 0 unspecified atom stereocenters. The van der Waals surface area contributed by atoms with Crippen molar-refractivity contribution in [3.05, 3.63) is 11.5 Å². The van der Waals surface area contributed by atoms with Crippen LogP contribution in [0, 0.1) is 5.92 Å². The Bertz CT molecular complexity index is 789. The molecule has 1 aliphatic rings. The first-order chi connectivity index (χ1) is 10.8. The van der Waals surface area contributed by atoms with Crippen molar-refractivity contribution in [2.45, 2.75) is 32.6 Å². The van der Waals surface area contributed by atoms with Gasteiger partial charge in [-0.2, -0.15) is 9.97 Å². The van der Waals surface area contributed by atoms with Crippen molar-refractivity contribution >= 4 is 92.0 Å². The number of anilines is 1. The Kier molecular flexibility index (Phi) is 5.88. The summed E-state index contributed by atoms with van der Waals surface area (Å²) in [5, 5.41) is 0.153. The van der Waals surface area contributed by atoms with Crippen molar-refractivity contribution in [1.29, 1.82) is 0 Å². The first-order valence-electron chi connectivity index (χ1n) is 6.86. The molecule has 1 aliphatic heterocycles. The number of carbonyl (C=O) groups excluding carboxylic acids is 2. The van der Waals surface area contributed by atoms with Crippen LogP contribution in [-0.4, -0.2) is 88.6 Å². The Balaban J connectivity index is 0.00000208. The Hall–Kier alpha value is -0.784. The SMILES string of the molecule is CC1(C)OC(=O)C(CCn2cnc3nc(N)nc(Cl)c32)C(=O)O1.[KH]. The summed E-state index contributed by atoms with van der Waals surface area (Å²) >= 11 is 6.05. The fourth-order valence-corrected chi connectivity index (χ4v) is 2.65. The summed E-state index contributed by atoms with van der Waals surface area (Å²) in [6, 6.07) is 0. The van der Waals surface area contributed by atoms with Crippen LogP contribution in [-0.2, 0) is 25.6 Å². The summed E-state index contributed by atoms with van der Waals surface area (Å²) in [4.78, 5) is 35.8. The van der Waals surface area contributed by atoms with E-state index in [9.17, 15) is 9.59 Å². The molecule has 2 aromatic heterocycles. The summed E-state index contributed by atoms with van der Waals surface area (Å²) < 4.78 is 11.8. The zero-order valence-corrected chi connectivity index (χ0v) is 13.2. The van der Waals surface area contributed by atoms with Gasteiger partial charge in [-0.05, 0) is 6.42 Å². The number of nitrogens with zero attached hydrogens (tertiary/aromatic N) is 4. The predicted molar refractivity (Wildman–Crippen MR) is 86.3 cm³/mol. The van der Waals surface area contributed by atoms with Crippen molar-refractivity contribution in [3.8, 4) is 0 Å². The van der Waals surface area contributed by atoms with E-state index in [0.717, 1.165) is 0 Å². The van der Waals surface area contributed by atoms with Crippen LogP contribution in [0.25, 0.3) is 11.2 Å². The third-order valence-corrected chi connectivity index (χ3v) is 3.63. The molecule has 0 saturated carbocycles. The van der Waals surface area contributed by atoms with E-state index < -0.39 is 23.6 Å². The minimum atomic E-state index is -1.24. The molecule has 3 rings (SSSR count). The van der Waals surface area contributed by atoms with Crippen LogP contribution in [0.4, 0.5) is 5.95 Å². The van der Waals surface area contributed by atoms with Crippen molar-refractivity contribution in [1.82, 2.24) is 19.5 Å². The van der Waals surface area contributed by atoms with Gasteiger partial charge in [-0.3, -0.25) is 9.59 Å². The third-order valence-electron chi connectivity index (χ3n) is 3.37. The van der Waals surface area contributed by atoms with Gasteiger partial charge < -0.3 is 19.8 Å². The number of aromatic nitrogens is 4. The van der Waals surface area contributed by atoms with Crippen LogP contribution in [0.3, 0.4) is 0 Å². The molecule has 1 saturated heterocycles. The molecular formula is C13H15ClKN5O4. The number of carbonyl (C=O) groups is 2. The number of cyclic esters (lactones) is 2. The van der Waals surface area contributed by atoms with Gasteiger partial charge >= 0.3 is 63.3 Å². The van der Waals surface area contributed by atoms with Gasteiger partial charge in [0.05, 0.1) is 6.33 Å². The summed E-state index contributed by atoms with van der Waals surface area (Å²) in [7, 11) is 0. The van der Waals surface area contributed by atoms with Gasteiger partial charge in [-0.1, -0.05) is 11.6 Å². The molecule has 0 atom stereocenters. The van der Waals surface area contributed by atoms with E-state index in [0.29, 0.717) is 17.7 Å². The van der Waals surface area contributed by atoms with Crippen LogP contribution in [0.2, 0.25) is 5.15 Å². The summed E-state index contributed by atoms with van der Waals surface area (Å²) in [5.74, 6) is -3.42. The third kappa shape index (κ3) is 3.89. The topological polar surface area (TPSA) is 122 Å². The fourth-order valence-electron chi connectivity index (χ4n) is 2.37. The van der Waals surface area contributed by atoms with E-state index in [-0.39, 0.29) is 68.9 Å². The van der Waals surface area contributed by atoms with Crippen LogP contribution in [0.15, 0.2) is 6.33 Å². The molecule has 0 radical (unpaired) electrons. The van der Waals surface area contributed by atoms with E-state index in [1.807, 2.05) is 0 Å². The molecule has 124 valence electrons. The van der Waals surface area contributed by atoms with E-state index in [1.165, 1.54) is 20.2 Å². The number of imidazole rings is 1. The number of rotatable bonds is 3. The molecule has 9 nitrogen and oxygen atoms in total. The predicted octanol–water partition coefficient (Wildman–Crippen LogP) is 0.256. The van der Waals surface area contributed by atoms with Gasteiger partial charge in [0.25, 0.3) is 5.79 Å². The molecule has 1 fully saturated rings. The van der Waals surface area contributed by atoms with Gasteiger partial charge in [0.1, 0.15) is 5.52 Å². The van der Waals surface area contributed by atoms with Gasteiger partial charge in [0.15, 0.2) is 16.7 Å². The summed E-state index contributed by atoms with van der Waals surface area (Å²) in [6.45, 7) is 3.30. The maximum absolute atomic E-state index is 11.9. The van der Waals surface area contributed by atoms with Crippen molar-refractivity contribution < 1.29 is 19.1 Å². The van der Waals surface area contributed by atoms with Gasteiger partial charge in [0.2, 0.25) is 5.95 Å². The second-order valence-corrected chi connectivity index (χ2v) is 5.92. The zero-order valence-electron chi connectivity index (χ0n) is 12.4. The van der Waals surface area contributed by atoms with Crippen LogP contribution < -0.4 is 5.73 Å². The van der Waals surface area contributed by atoms with E-state index >= 15 is 0 Å². The second-order valence-electron chi connectivity index (χ2n) is 5.57. The number of nitrogen functional groups attached to an aromatic ring is 1. The minimum absolute atomic E-state index is 0. The standard InChI is InChI=1S/C13H14ClN5O4.K.H/c1-13(2)22-10(20)6(11(21)23-13)3-4-19-5-16-9-7(19)8(14)17-12(15)18-9;;/h5-6H,3-4H2,1-2H3,(H2,15,17,18);;. The molecule has 0 spiro atoms. The number of nitrogens with two attached hydrogens (primary N) is 1. The number of ether oxygens (including phenoxy) is 2. The molecule has 0 amide bonds. The van der Waals surface area contributed by atoms with Crippen LogP contribution in [0.1, 0.15) is 20.3 Å². The number of aryl methyl sites for hydroxylation is 1. The van der Waals surface area contributed by atoms with Crippen LogP contribution in [0.5, 0.6) is 0 Å². The van der Waals surface area contributed by atoms with Gasteiger partial charge in [0, 0.05) is 20.4 Å². The Morgan fingerprint density at radius 2 is 1.92 bits per heavy atom. The molecule has 2 aromatic rings.